The Balaban J connectivity index is 2.06. The summed E-state index contributed by atoms with van der Waals surface area (Å²) in [6, 6.07) is 0. The molecule has 0 aromatic heterocycles. The van der Waals surface area contributed by atoms with Crippen LogP contribution in [0.1, 0.15) is 97.3 Å². The summed E-state index contributed by atoms with van der Waals surface area (Å²) in [7, 11) is 0. The fourth-order valence-corrected chi connectivity index (χ4v) is 4.01. The van der Waals surface area contributed by atoms with E-state index < -0.39 is 0 Å². The Labute approximate surface area is 126 Å². The molecule has 3 atom stereocenters. The van der Waals surface area contributed by atoms with Gasteiger partial charge in [-0.2, -0.15) is 0 Å². The summed E-state index contributed by atoms with van der Waals surface area (Å²) in [4.78, 5) is 0. The maximum Gasteiger partial charge on any atom is 0.0364 e. The van der Waals surface area contributed by atoms with Crippen LogP contribution >= 0.6 is 11.6 Å². The predicted molar refractivity (Wildman–Crippen MR) is 88.0 cm³/mol. The monoisotopic (exact) mass is 286 g/mol. The fourth-order valence-electron chi connectivity index (χ4n) is 3.66. The van der Waals surface area contributed by atoms with Crippen LogP contribution in [0.15, 0.2) is 0 Å². The smallest absolute Gasteiger partial charge is 0.0364 e. The molecule has 0 radical (unpaired) electrons. The second-order valence-corrected chi connectivity index (χ2v) is 7.21. The number of halogens is 1. The van der Waals surface area contributed by atoms with E-state index in [1.54, 1.807) is 0 Å². The first-order chi connectivity index (χ1) is 9.27. The van der Waals surface area contributed by atoms with E-state index in [1.165, 1.54) is 83.5 Å². The number of rotatable bonds is 10. The van der Waals surface area contributed by atoms with Crippen LogP contribution in [-0.2, 0) is 0 Å². The van der Waals surface area contributed by atoms with E-state index in [0.717, 1.165) is 11.8 Å². The van der Waals surface area contributed by atoms with Crippen molar-refractivity contribution in [3.8, 4) is 0 Å². The third kappa shape index (κ3) is 7.59. The molecule has 1 aliphatic carbocycles. The van der Waals surface area contributed by atoms with Gasteiger partial charge in [0.2, 0.25) is 0 Å². The van der Waals surface area contributed by atoms with Crippen LogP contribution in [0.2, 0.25) is 0 Å². The van der Waals surface area contributed by atoms with Crippen LogP contribution in [0.5, 0.6) is 0 Å². The highest BCUT2D eigenvalue weighted by Crippen LogP contribution is 2.37. The molecule has 0 N–H and O–H groups in total. The lowest BCUT2D eigenvalue weighted by Crippen LogP contribution is -2.25. The van der Waals surface area contributed by atoms with Gasteiger partial charge in [0.1, 0.15) is 0 Å². The van der Waals surface area contributed by atoms with Crippen molar-refractivity contribution in [2.24, 2.45) is 11.8 Å². The van der Waals surface area contributed by atoms with E-state index in [-0.39, 0.29) is 0 Å². The Kier molecular flexibility index (Phi) is 10.0. The van der Waals surface area contributed by atoms with E-state index in [0.29, 0.717) is 5.38 Å². The Morgan fingerprint density at radius 3 is 2.16 bits per heavy atom. The standard InChI is InChI=1S/C18H35Cl/c1-3-5-6-7-8-9-10-12-17-15-16(11-4-2)13-14-18(17)19/h16-18H,3-15H2,1-2H3. The molecule has 1 rings (SSSR count). The highest BCUT2D eigenvalue weighted by molar-refractivity contribution is 6.20. The van der Waals surface area contributed by atoms with E-state index in [9.17, 15) is 0 Å². The van der Waals surface area contributed by atoms with Crippen molar-refractivity contribution in [1.29, 1.82) is 0 Å². The van der Waals surface area contributed by atoms with Gasteiger partial charge in [0.25, 0.3) is 0 Å². The van der Waals surface area contributed by atoms with Crippen LogP contribution in [-0.4, -0.2) is 5.38 Å². The van der Waals surface area contributed by atoms with Gasteiger partial charge in [-0.3, -0.25) is 0 Å². The first-order valence-electron chi connectivity index (χ1n) is 8.92. The molecule has 0 aromatic carbocycles. The van der Waals surface area contributed by atoms with Gasteiger partial charge in [-0.05, 0) is 37.5 Å². The zero-order valence-electron chi connectivity index (χ0n) is 13.3. The molecule has 1 fully saturated rings. The molecule has 0 aliphatic heterocycles. The van der Waals surface area contributed by atoms with Gasteiger partial charge in [0.05, 0.1) is 0 Å². The molecule has 19 heavy (non-hydrogen) atoms. The van der Waals surface area contributed by atoms with Crippen LogP contribution in [0.4, 0.5) is 0 Å². The van der Waals surface area contributed by atoms with Crippen molar-refractivity contribution in [1.82, 2.24) is 0 Å². The summed E-state index contributed by atoms with van der Waals surface area (Å²) in [6.07, 6.45) is 18.2. The van der Waals surface area contributed by atoms with Gasteiger partial charge >= 0.3 is 0 Å². The minimum absolute atomic E-state index is 0.480. The Bertz CT molecular complexity index is 202. The highest BCUT2D eigenvalue weighted by Gasteiger charge is 2.28. The summed E-state index contributed by atoms with van der Waals surface area (Å²) in [6.45, 7) is 4.61. The maximum atomic E-state index is 6.53. The number of hydrogen-bond donors (Lipinski definition) is 0. The molecule has 0 heterocycles. The molecule has 0 saturated heterocycles. The minimum atomic E-state index is 0.480. The lowest BCUT2D eigenvalue weighted by Gasteiger charge is -2.33. The van der Waals surface area contributed by atoms with Crippen molar-refractivity contribution in [2.75, 3.05) is 0 Å². The summed E-state index contributed by atoms with van der Waals surface area (Å²) in [5.74, 6) is 1.80. The summed E-state index contributed by atoms with van der Waals surface area (Å²) in [5, 5.41) is 0.480. The Morgan fingerprint density at radius 2 is 1.47 bits per heavy atom. The minimum Gasteiger partial charge on any atom is -0.123 e. The van der Waals surface area contributed by atoms with Gasteiger partial charge in [-0.15, -0.1) is 11.6 Å². The molecule has 1 heteroatoms. The molecule has 0 aromatic rings. The average Bonchev–Trinajstić information content (AvgIpc) is 2.41. The SMILES string of the molecule is CCCCCCCCCC1CC(CCC)CCC1Cl. The molecule has 0 nitrogen and oxygen atoms in total. The number of unbranched alkanes of at least 4 members (excludes halogenated alkanes) is 6. The molecule has 1 aliphatic rings. The van der Waals surface area contributed by atoms with Crippen molar-refractivity contribution in [3.63, 3.8) is 0 Å². The van der Waals surface area contributed by atoms with Gasteiger partial charge in [0, 0.05) is 5.38 Å². The largest absolute Gasteiger partial charge is 0.123 e. The first kappa shape index (κ1) is 17.3. The van der Waals surface area contributed by atoms with Crippen molar-refractivity contribution in [2.45, 2.75) is 103 Å². The van der Waals surface area contributed by atoms with E-state index in [1.807, 2.05) is 0 Å². The zero-order valence-corrected chi connectivity index (χ0v) is 14.1. The van der Waals surface area contributed by atoms with Crippen molar-refractivity contribution in [3.05, 3.63) is 0 Å². The Hall–Kier alpha value is 0.290. The van der Waals surface area contributed by atoms with Gasteiger partial charge < -0.3 is 0 Å². The highest BCUT2D eigenvalue weighted by atomic mass is 35.5. The second-order valence-electron chi connectivity index (χ2n) is 6.65. The first-order valence-corrected chi connectivity index (χ1v) is 9.35. The van der Waals surface area contributed by atoms with E-state index >= 15 is 0 Å². The molecule has 0 spiro atoms. The number of alkyl halides is 1. The van der Waals surface area contributed by atoms with Crippen LogP contribution < -0.4 is 0 Å². The normalized spacial score (nSPS) is 27.6. The summed E-state index contributed by atoms with van der Waals surface area (Å²) < 4.78 is 0. The predicted octanol–water partition coefficient (Wildman–Crippen LogP) is 6.95. The molecule has 0 bridgehead atoms. The van der Waals surface area contributed by atoms with Gasteiger partial charge in [-0.25, -0.2) is 0 Å². The quantitative estimate of drug-likeness (QED) is 0.301. The van der Waals surface area contributed by atoms with Crippen molar-refractivity contribution >= 4 is 11.6 Å². The third-order valence-electron chi connectivity index (χ3n) is 4.87. The summed E-state index contributed by atoms with van der Waals surface area (Å²) in [5.41, 5.74) is 0. The molecule has 3 unspecified atom stereocenters. The van der Waals surface area contributed by atoms with Crippen LogP contribution in [0, 0.1) is 11.8 Å². The molecule has 1 saturated carbocycles. The molecular formula is C18H35Cl. The van der Waals surface area contributed by atoms with Crippen LogP contribution in [0.3, 0.4) is 0 Å². The second kappa shape index (κ2) is 11.0. The average molecular weight is 287 g/mol. The topological polar surface area (TPSA) is 0 Å². The molecule has 114 valence electrons. The van der Waals surface area contributed by atoms with E-state index in [4.69, 9.17) is 11.6 Å². The van der Waals surface area contributed by atoms with E-state index in [2.05, 4.69) is 13.8 Å². The lowest BCUT2D eigenvalue weighted by atomic mass is 9.77. The van der Waals surface area contributed by atoms with Gasteiger partial charge in [-0.1, -0.05) is 71.6 Å². The van der Waals surface area contributed by atoms with Gasteiger partial charge in [0.15, 0.2) is 0 Å². The third-order valence-corrected chi connectivity index (χ3v) is 5.45. The zero-order chi connectivity index (χ0) is 13.9. The molecule has 0 amide bonds. The number of hydrogen-bond acceptors (Lipinski definition) is 0. The van der Waals surface area contributed by atoms with Crippen molar-refractivity contribution < 1.29 is 0 Å². The summed E-state index contributed by atoms with van der Waals surface area (Å²) >= 11 is 6.53. The fraction of sp³-hybridized carbons (Fsp3) is 1.00. The Morgan fingerprint density at radius 1 is 0.789 bits per heavy atom. The lowest BCUT2D eigenvalue weighted by molar-refractivity contribution is 0.243. The molecular weight excluding hydrogens is 252 g/mol. The maximum absolute atomic E-state index is 6.53. The van der Waals surface area contributed by atoms with Crippen LogP contribution in [0.25, 0.3) is 0 Å².